The molecule has 4 heteroatoms. The van der Waals surface area contributed by atoms with Crippen LogP contribution < -0.4 is 5.73 Å². The third-order valence-corrected chi connectivity index (χ3v) is 0.925. The van der Waals surface area contributed by atoms with Crippen molar-refractivity contribution in [2.45, 2.75) is 26.7 Å². The Bertz CT molecular complexity index is 86.5. The highest BCUT2D eigenvalue weighted by molar-refractivity contribution is 6.61. The van der Waals surface area contributed by atoms with Crippen molar-refractivity contribution in [3.8, 4) is 0 Å². The first-order chi connectivity index (χ1) is 5.18. The van der Waals surface area contributed by atoms with E-state index in [1.807, 2.05) is 0 Å². The number of carbonyl (C=O) groups is 1. The zero-order chi connectivity index (χ0) is 9.11. The van der Waals surface area contributed by atoms with Gasteiger partial charge in [-0.2, -0.15) is 0 Å². The summed E-state index contributed by atoms with van der Waals surface area (Å²) in [6.45, 7) is 5.02. The summed E-state index contributed by atoms with van der Waals surface area (Å²) in [7, 11) is 0. The molecular formula is C7H16ClNO2. The van der Waals surface area contributed by atoms with Crippen molar-refractivity contribution in [1.29, 1.82) is 0 Å². The van der Waals surface area contributed by atoms with Crippen molar-refractivity contribution in [3.05, 3.63) is 0 Å². The third-order valence-electron chi connectivity index (χ3n) is 0.815. The molecule has 0 saturated heterocycles. The lowest BCUT2D eigenvalue weighted by Crippen LogP contribution is -1.95. The van der Waals surface area contributed by atoms with Gasteiger partial charge in [-0.05, 0) is 19.9 Å². The smallest absolute Gasteiger partial charge is 0.403 e. The number of unbranched alkanes of at least 4 members (excludes halogenated alkanes) is 1. The molecule has 3 nitrogen and oxygen atoms in total. The molecule has 0 bridgehead atoms. The molecule has 0 aliphatic rings. The zero-order valence-electron chi connectivity index (χ0n) is 7.10. The van der Waals surface area contributed by atoms with E-state index in [0.717, 1.165) is 6.54 Å². The van der Waals surface area contributed by atoms with Crippen molar-refractivity contribution < 1.29 is 9.53 Å². The Morgan fingerprint density at radius 2 is 2.09 bits per heavy atom. The average Bonchev–Trinajstić information content (AvgIpc) is 1.90. The van der Waals surface area contributed by atoms with Crippen LogP contribution in [0.5, 0.6) is 0 Å². The van der Waals surface area contributed by atoms with Gasteiger partial charge in [0.15, 0.2) is 0 Å². The van der Waals surface area contributed by atoms with E-state index in [-0.39, 0.29) is 0 Å². The number of carbonyl (C=O) groups excluding carboxylic acids is 1. The molecule has 0 atom stereocenters. The molecule has 11 heavy (non-hydrogen) atoms. The quantitative estimate of drug-likeness (QED) is 0.679. The molecule has 0 rings (SSSR count). The second-order valence-electron chi connectivity index (χ2n) is 1.81. The first kappa shape index (κ1) is 13.3. The monoisotopic (exact) mass is 181 g/mol. The third kappa shape index (κ3) is 26.0. The van der Waals surface area contributed by atoms with Crippen molar-refractivity contribution >= 4 is 17.0 Å². The predicted molar refractivity (Wildman–Crippen MR) is 46.8 cm³/mol. The lowest BCUT2D eigenvalue weighted by atomic mass is 10.3. The molecule has 0 aromatic rings. The van der Waals surface area contributed by atoms with Gasteiger partial charge >= 0.3 is 5.43 Å². The fourth-order valence-corrected chi connectivity index (χ4v) is 0.427. The maximum absolute atomic E-state index is 9.59. The number of rotatable bonds is 3. The molecule has 0 amide bonds. The Hall–Kier alpha value is -0.280. The SMILES string of the molecule is CCCCN.CCOC(=O)Cl. The summed E-state index contributed by atoms with van der Waals surface area (Å²) in [5, 5.41) is 0. The summed E-state index contributed by atoms with van der Waals surface area (Å²) in [4.78, 5) is 9.59. The zero-order valence-corrected chi connectivity index (χ0v) is 7.86. The minimum atomic E-state index is -0.738. The fraction of sp³-hybridized carbons (Fsp3) is 0.857. The molecular weight excluding hydrogens is 166 g/mol. The van der Waals surface area contributed by atoms with Gasteiger partial charge in [0, 0.05) is 11.6 Å². The number of hydrogen-bond donors (Lipinski definition) is 1. The summed E-state index contributed by atoms with van der Waals surface area (Å²) in [6.07, 6.45) is 2.39. The molecule has 0 aliphatic heterocycles. The number of nitrogens with two attached hydrogens (primary N) is 1. The minimum Gasteiger partial charge on any atom is -0.454 e. The van der Waals surface area contributed by atoms with Crippen LogP contribution in [0.2, 0.25) is 0 Å². The van der Waals surface area contributed by atoms with E-state index in [0.29, 0.717) is 6.61 Å². The normalized spacial score (nSPS) is 8.00. The number of halogens is 1. The highest BCUT2D eigenvalue weighted by Crippen LogP contribution is 1.82. The van der Waals surface area contributed by atoms with Gasteiger partial charge < -0.3 is 10.5 Å². The lowest BCUT2D eigenvalue weighted by Gasteiger charge is -1.86. The van der Waals surface area contributed by atoms with Gasteiger partial charge in [0.1, 0.15) is 0 Å². The van der Waals surface area contributed by atoms with Gasteiger partial charge in [-0.15, -0.1) is 0 Å². The Labute approximate surface area is 72.9 Å². The topological polar surface area (TPSA) is 52.3 Å². The van der Waals surface area contributed by atoms with Crippen molar-refractivity contribution in [2.75, 3.05) is 13.2 Å². The fourth-order valence-electron chi connectivity index (χ4n) is 0.318. The molecule has 0 unspecified atom stereocenters. The lowest BCUT2D eigenvalue weighted by molar-refractivity contribution is 0.180. The van der Waals surface area contributed by atoms with Crippen molar-refractivity contribution in [1.82, 2.24) is 0 Å². The van der Waals surface area contributed by atoms with E-state index in [9.17, 15) is 4.79 Å². The van der Waals surface area contributed by atoms with Crippen LogP contribution in [0, 0.1) is 0 Å². The standard InChI is InChI=1S/C4H11N.C3H5ClO2/c1-2-3-4-5;1-2-6-3(4)5/h2-5H2,1H3;2H2,1H3. The summed E-state index contributed by atoms with van der Waals surface area (Å²) in [5.41, 5.74) is 4.40. The maximum Gasteiger partial charge on any atom is 0.403 e. The number of hydrogen-bond acceptors (Lipinski definition) is 3. The van der Waals surface area contributed by atoms with Crippen LogP contribution in [0.25, 0.3) is 0 Å². The van der Waals surface area contributed by atoms with Crippen LogP contribution in [-0.4, -0.2) is 18.6 Å². The molecule has 68 valence electrons. The molecule has 0 aliphatic carbocycles. The minimum absolute atomic E-state index is 0.350. The highest BCUT2D eigenvalue weighted by atomic mass is 35.5. The molecule has 0 radical (unpaired) electrons. The Morgan fingerprint density at radius 1 is 1.55 bits per heavy atom. The summed E-state index contributed by atoms with van der Waals surface area (Å²) in [6, 6.07) is 0. The van der Waals surface area contributed by atoms with Crippen LogP contribution in [0.15, 0.2) is 0 Å². The Morgan fingerprint density at radius 3 is 2.09 bits per heavy atom. The first-order valence-corrected chi connectivity index (χ1v) is 4.09. The van der Waals surface area contributed by atoms with Crippen LogP contribution in [0.4, 0.5) is 4.79 Å². The maximum atomic E-state index is 9.59. The Balaban J connectivity index is 0. The Kier molecular flexibility index (Phi) is 15.0. The van der Waals surface area contributed by atoms with Crippen molar-refractivity contribution in [3.63, 3.8) is 0 Å². The van der Waals surface area contributed by atoms with Gasteiger partial charge in [-0.3, -0.25) is 0 Å². The van der Waals surface area contributed by atoms with E-state index < -0.39 is 5.43 Å². The molecule has 0 heterocycles. The average molecular weight is 182 g/mol. The second-order valence-corrected chi connectivity index (χ2v) is 2.12. The molecule has 0 spiro atoms. The molecule has 0 aromatic carbocycles. The first-order valence-electron chi connectivity index (χ1n) is 3.71. The van der Waals surface area contributed by atoms with Gasteiger partial charge in [-0.1, -0.05) is 13.3 Å². The second kappa shape index (κ2) is 12.4. The van der Waals surface area contributed by atoms with Gasteiger partial charge in [-0.25, -0.2) is 4.79 Å². The van der Waals surface area contributed by atoms with Crippen molar-refractivity contribution in [2.24, 2.45) is 5.73 Å². The number of ether oxygens (including phenoxy) is 1. The van der Waals surface area contributed by atoms with Gasteiger partial charge in [0.05, 0.1) is 6.61 Å². The largest absolute Gasteiger partial charge is 0.454 e. The van der Waals surface area contributed by atoms with Crippen LogP contribution in [-0.2, 0) is 4.74 Å². The highest BCUT2D eigenvalue weighted by Gasteiger charge is 1.86. The van der Waals surface area contributed by atoms with Crippen LogP contribution in [0.3, 0.4) is 0 Å². The van der Waals surface area contributed by atoms with E-state index in [4.69, 9.17) is 17.3 Å². The predicted octanol–water partition coefficient (Wildman–Crippen LogP) is 2.13. The molecule has 0 aromatic heterocycles. The van der Waals surface area contributed by atoms with Gasteiger partial charge in [0.25, 0.3) is 0 Å². The van der Waals surface area contributed by atoms with E-state index in [1.54, 1.807) is 6.92 Å². The summed E-state index contributed by atoms with van der Waals surface area (Å²) >= 11 is 4.72. The van der Waals surface area contributed by atoms with E-state index >= 15 is 0 Å². The van der Waals surface area contributed by atoms with Gasteiger partial charge in [0.2, 0.25) is 0 Å². The molecule has 0 saturated carbocycles. The van der Waals surface area contributed by atoms with Crippen LogP contribution in [0.1, 0.15) is 26.7 Å². The summed E-state index contributed by atoms with van der Waals surface area (Å²) < 4.78 is 4.17. The van der Waals surface area contributed by atoms with E-state index in [2.05, 4.69) is 11.7 Å². The van der Waals surface area contributed by atoms with Crippen LogP contribution >= 0.6 is 11.6 Å². The molecule has 0 fully saturated rings. The van der Waals surface area contributed by atoms with E-state index in [1.165, 1.54) is 12.8 Å². The summed E-state index contributed by atoms with van der Waals surface area (Å²) in [5.74, 6) is 0. The molecule has 2 N–H and O–H groups in total.